The number of methoxy groups -OCH3 is 1. The van der Waals surface area contributed by atoms with E-state index in [9.17, 15) is 4.39 Å². The highest BCUT2D eigenvalue weighted by molar-refractivity contribution is 5.30. The normalized spacial score (nSPS) is 20.5. The van der Waals surface area contributed by atoms with E-state index in [4.69, 9.17) is 10.5 Å². The van der Waals surface area contributed by atoms with Crippen molar-refractivity contribution in [2.75, 3.05) is 7.11 Å². The Kier molecular flexibility index (Phi) is 2.65. The van der Waals surface area contributed by atoms with Crippen LogP contribution in [0.2, 0.25) is 0 Å². The predicted octanol–water partition coefficient (Wildman–Crippen LogP) is 2.59. The Hall–Kier alpha value is -1.09. The van der Waals surface area contributed by atoms with Crippen LogP contribution in [0.5, 0.6) is 5.75 Å². The molecule has 1 fully saturated rings. The predicted molar refractivity (Wildman–Crippen MR) is 57.6 cm³/mol. The zero-order chi connectivity index (χ0) is 10.9. The monoisotopic (exact) mass is 209 g/mol. The fourth-order valence-electron chi connectivity index (χ4n) is 1.94. The van der Waals surface area contributed by atoms with E-state index in [1.165, 1.54) is 0 Å². The van der Waals surface area contributed by atoms with Crippen LogP contribution in [0, 0.1) is 0 Å². The second-order valence-electron chi connectivity index (χ2n) is 4.22. The van der Waals surface area contributed by atoms with Gasteiger partial charge in [-0.1, -0.05) is 12.1 Å². The molecule has 0 bridgehead atoms. The summed E-state index contributed by atoms with van der Waals surface area (Å²) >= 11 is 0. The van der Waals surface area contributed by atoms with Gasteiger partial charge >= 0.3 is 0 Å². The molecule has 15 heavy (non-hydrogen) atoms. The van der Waals surface area contributed by atoms with E-state index < -0.39 is 11.7 Å². The van der Waals surface area contributed by atoms with Gasteiger partial charge in [0, 0.05) is 0 Å². The van der Waals surface area contributed by atoms with Crippen molar-refractivity contribution in [1.82, 2.24) is 0 Å². The van der Waals surface area contributed by atoms with Gasteiger partial charge < -0.3 is 10.5 Å². The van der Waals surface area contributed by atoms with Crippen LogP contribution in [0.15, 0.2) is 24.3 Å². The number of hydrogen-bond donors (Lipinski definition) is 1. The third-order valence-corrected chi connectivity index (χ3v) is 3.20. The van der Waals surface area contributed by atoms with Crippen molar-refractivity contribution in [1.29, 1.82) is 0 Å². The van der Waals surface area contributed by atoms with E-state index in [-0.39, 0.29) is 0 Å². The number of halogens is 1. The quantitative estimate of drug-likeness (QED) is 0.830. The number of ether oxygens (including phenoxy) is 1. The molecule has 0 saturated heterocycles. The van der Waals surface area contributed by atoms with E-state index in [2.05, 4.69) is 0 Å². The van der Waals surface area contributed by atoms with Gasteiger partial charge in [0.25, 0.3) is 0 Å². The molecule has 1 unspecified atom stereocenters. The second-order valence-corrected chi connectivity index (χ2v) is 4.22. The topological polar surface area (TPSA) is 35.2 Å². The van der Waals surface area contributed by atoms with Crippen LogP contribution in [0.3, 0.4) is 0 Å². The first-order valence-electron chi connectivity index (χ1n) is 5.23. The number of benzene rings is 1. The molecule has 1 aliphatic carbocycles. The molecule has 0 amide bonds. The maximum atomic E-state index is 14.0. The first-order valence-corrected chi connectivity index (χ1v) is 5.23. The van der Waals surface area contributed by atoms with Gasteiger partial charge in [0.15, 0.2) is 0 Å². The lowest BCUT2D eigenvalue weighted by atomic mass is 9.72. The van der Waals surface area contributed by atoms with Crippen molar-refractivity contribution in [3.8, 4) is 5.75 Å². The van der Waals surface area contributed by atoms with Gasteiger partial charge in [-0.3, -0.25) is 0 Å². The molecule has 1 saturated carbocycles. The summed E-state index contributed by atoms with van der Waals surface area (Å²) < 4.78 is 19.1. The van der Waals surface area contributed by atoms with Crippen molar-refractivity contribution in [2.24, 2.45) is 5.73 Å². The van der Waals surface area contributed by atoms with Gasteiger partial charge in [0.1, 0.15) is 11.9 Å². The Morgan fingerprint density at radius 3 is 2.33 bits per heavy atom. The van der Waals surface area contributed by atoms with Crippen molar-refractivity contribution >= 4 is 0 Å². The van der Waals surface area contributed by atoms with Crippen molar-refractivity contribution in [3.05, 3.63) is 29.8 Å². The summed E-state index contributed by atoms with van der Waals surface area (Å²) in [6.45, 7) is 0. The number of nitrogens with two attached hydrogens (primary N) is 1. The van der Waals surface area contributed by atoms with Crippen LogP contribution in [0.4, 0.5) is 4.39 Å². The van der Waals surface area contributed by atoms with E-state index in [0.717, 1.165) is 25.0 Å². The summed E-state index contributed by atoms with van der Waals surface area (Å²) in [5.74, 6) is 0.741. The Morgan fingerprint density at radius 1 is 1.33 bits per heavy atom. The molecule has 1 aromatic carbocycles. The first kappa shape index (κ1) is 10.4. The molecule has 82 valence electrons. The molecule has 0 aromatic heterocycles. The van der Waals surface area contributed by atoms with Gasteiger partial charge in [-0.15, -0.1) is 0 Å². The minimum atomic E-state index is -1.06. The van der Waals surface area contributed by atoms with Gasteiger partial charge in [-0.25, -0.2) is 4.39 Å². The molecule has 0 aliphatic heterocycles. The summed E-state index contributed by atoms with van der Waals surface area (Å²) in [5.41, 5.74) is 5.96. The van der Waals surface area contributed by atoms with Crippen LogP contribution in [-0.4, -0.2) is 12.6 Å². The Bertz CT molecular complexity index is 332. The lowest BCUT2D eigenvalue weighted by Gasteiger charge is -2.40. The summed E-state index contributed by atoms with van der Waals surface area (Å²) in [7, 11) is 1.60. The van der Waals surface area contributed by atoms with Crippen LogP contribution in [0.1, 0.15) is 31.0 Å². The zero-order valence-electron chi connectivity index (χ0n) is 8.87. The van der Waals surface area contributed by atoms with Gasteiger partial charge in [-0.2, -0.15) is 0 Å². The molecule has 2 rings (SSSR count). The molecular formula is C12H16FNO. The minimum Gasteiger partial charge on any atom is -0.497 e. The highest BCUT2D eigenvalue weighted by atomic mass is 19.1. The number of hydrogen-bond acceptors (Lipinski definition) is 2. The Labute approximate surface area is 89.2 Å². The molecule has 0 heterocycles. The van der Waals surface area contributed by atoms with Gasteiger partial charge in [-0.05, 0) is 37.0 Å². The van der Waals surface area contributed by atoms with Crippen molar-refractivity contribution in [2.45, 2.75) is 31.0 Å². The Morgan fingerprint density at radius 2 is 1.93 bits per heavy atom. The smallest absolute Gasteiger partial charge is 0.143 e. The largest absolute Gasteiger partial charge is 0.497 e. The average Bonchev–Trinajstić information content (AvgIpc) is 2.25. The van der Waals surface area contributed by atoms with Crippen LogP contribution < -0.4 is 10.5 Å². The summed E-state index contributed by atoms with van der Waals surface area (Å²) in [6, 6.07) is 7.03. The third kappa shape index (κ3) is 1.84. The number of alkyl halides is 1. The molecule has 2 N–H and O–H groups in total. The highest BCUT2D eigenvalue weighted by Gasteiger charge is 2.41. The average molecular weight is 209 g/mol. The van der Waals surface area contributed by atoms with E-state index in [1.54, 1.807) is 31.4 Å². The minimum absolute atomic E-state index is 0.630. The molecule has 1 aliphatic rings. The lowest BCUT2D eigenvalue weighted by Crippen LogP contribution is -2.50. The van der Waals surface area contributed by atoms with E-state index in [0.29, 0.717) is 5.56 Å². The molecule has 0 spiro atoms. The maximum absolute atomic E-state index is 14.0. The summed E-state index contributed by atoms with van der Waals surface area (Å²) in [4.78, 5) is 0. The molecule has 3 heteroatoms. The van der Waals surface area contributed by atoms with E-state index in [1.807, 2.05) is 0 Å². The van der Waals surface area contributed by atoms with E-state index >= 15 is 0 Å². The fourth-order valence-corrected chi connectivity index (χ4v) is 1.94. The van der Waals surface area contributed by atoms with Crippen LogP contribution in [-0.2, 0) is 0 Å². The standard InChI is InChI=1S/C12H16FNO/c1-15-10-5-3-9(4-6-10)11(13)12(14)7-2-8-12/h3-6,11H,2,7-8,14H2,1H3. The van der Waals surface area contributed by atoms with Gasteiger partial charge in [0.2, 0.25) is 0 Å². The molecular weight excluding hydrogens is 193 g/mol. The second kappa shape index (κ2) is 3.81. The van der Waals surface area contributed by atoms with Crippen LogP contribution in [0.25, 0.3) is 0 Å². The Balaban J connectivity index is 2.14. The van der Waals surface area contributed by atoms with Crippen LogP contribution >= 0.6 is 0 Å². The van der Waals surface area contributed by atoms with Gasteiger partial charge in [0.05, 0.1) is 12.6 Å². The lowest BCUT2D eigenvalue weighted by molar-refractivity contribution is 0.108. The fraction of sp³-hybridized carbons (Fsp3) is 0.500. The van der Waals surface area contributed by atoms with Crippen molar-refractivity contribution in [3.63, 3.8) is 0 Å². The third-order valence-electron chi connectivity index (χ3n) is 3.20. The SMILES string of the molecule is COc1ccc(C(F)C2(N)CCC2)cc1. The molecule has 1 aromatic rings. The molecule has 2 nitrogen and oxygen atoms in total. The summed E-state index contributed by atoms with van der Waals surface area (Å²) in [6.07, 6.45) is 1.53. The molecule has 1 atom stereocenters. The zero-order valence-corrected chi connectivity index (χ0v) is 8.87. The maximum Gasteiger partial charge on any atom is 0.143 e. The van der Waals surface area contributed by atoms with Crippen molar-refractivity contribution < 1.29 is 9.13 Å². The first-order chi connectivity index (χ1) is 7.15. The number of rotatable bonds is 3. The summed E-state index contributed by atoms with van der Waals surface area (Å²) in [5, 5.41) is 0. The highest BCUT2D eigenvalue weighted by Crippen LogP contribution is 2.42. The molecule has 0 radical (unpaired) electrons.